The van der Waals surface area contributed by atoms with E-state index >= 15 is 0 Å². The van der Waals surface area contributed by atoms with E-state index in [-0.39, 0.29) is 18.2 Å². The summed E-state index contributed by atoms with van der Waals surface area (Å²) in [5.41, 5.74) is 2.27. The van der Waals surface area contributed by atoms with E-state index in [0.29, 0.717) is 13.0 Å². The molecule has 1 N–H and O–H groups in total. The average molecular weight is 402 g/mol. The first kappa shape index (κ1) is 19.1. The van der Waals surface area contributed by atoms with Crippen molar-refractivity contribution in [2.24, 2.45) is 0 Å². The number of carbonyl (C=O) groups excluding carboxylic acids is 2. The Kier molecular flexibility index (Phi) is 6.56. The van der Waals surface area contributed by atoms with Gasteiger partial charge in [0.15, 0.2) is 12.3 Å². The van der Waals surface area contributed by atoms with Gasteiger partial charge in [-0.15, -0.1) is 11.3 Å². The van der Waals surface area contributed by atoms with Gasteiger partial charge in [-0.2, -0.15) is 11.3 Å². The van der Waals surface area contributed by atoms with E-state index in [9.17, 15) is 9.59 Å². The summed E-state index contributed by atoms with van der Waals surface area (Å²) in [6.45, 7) is 0.133. The lowest BCUT2D eigenvalue weighted by Crippen LogP contribution is -2.30. The number of rotatable bonds is 8. The smallest absolute Gasteiger partial charge is 0.358 e. The molecule has 0 fully saturated rings. The maximum Gasteiger partial charge on any atom is 0.358 e. The minimum atomic E-state index is -0.599. The van der Waals surface area contributed by atoms with Gasteiger partial charge < -0.3 is 14.8 Å². The highest BCUT2D eigenvalue weighted by molar-refractivity contribution is 7.14. The van der Waals surface area contributed by atoms with Crippen LogP contribution in [0.1, 0.15) is 16.1 Å². The van der Waals surface area contributed by atoms with Gasteiger partial charge in [-0.25, -0.2) is 9.78 Å². The Morgan fingerprint density at radius 2 is 1.96 bits per heavy atom. The molecule has 1 amide bonds. The summed E-state index contributed by atoms with van der Waals surface area (Å²) >= 11 is 2.93. The second kappa shape index (κ2) is 9.29. The van der Waals surface area contributed by atoms with E-state index in [1.165, 1.54) is 11.3 Å². The lowest BCUT2D eigenvalue weighted by Gasteiger charge is -2.06. The van der Waals surface area contributed by atoms with Gasteiger partial charge in [0, 0.05) is 22.9 Å². The fourth-order valence-electron chi connectivity index (χ4n) is 2.28. The zero-order chi connectivity index (χ0) is 19.1. The first-order valence-electron chi connectivity index (χ1n) is 8.20. The Labute approximate surface area is 164 Å². The number of amides is 1. The van der Waals surface area contributed by atoms with Gasteiger partial charge in [0.05, 0.1) is 7.11 Å². The molecule has 2 aromatic heterocycles. The van der Waals surface area contributed by atoms with Crippen molar-refractivity contribution in [2.75, 3.05) is 20.3 Å². The molecule has 0 aliphatic carbocycles. The van der Waals surface area contributed by atoms with Crippen LogP contribution in [-0.4, -0.2) is 37.1 Å². The number of methoxy groups -OCH3 is 1. The zero-order valence-electron chi connectivity index (χ0n) is 14.6. The van der Waals surface area contributed by atoms with Gasteiger partial charge >= 0.3 is 5.97 Å². The van der Waals surface area contributed by atoms with Gasteiger partial charge in [0.1, 0.15) is 10.8 Å². The van der Waals surface area contributed by atoms with Crippen molar-refractivity contribution in [3.8, 4) is 16.3 Å². The first-order valence-corrected chi connectivity index (χ1v) is 10.0. The summed E-state index contributed by atoms with van der Waals surface area (Å²) < 4.78 is 10.1. The third-order valence-electron chi connectivity index (χ3n) is 3.71. The van der Waals surface area contributed by atoms with Gasteiger partial charge in [-0.1, -0.05) is 12.1 Å². The molecule has 0 spiro atoms. The fourth-order valence-corrected chi connectivity index (χ4v) is 3.78. The number of aromatic nitrogens is 1. The molecule has 2 heterocycles. The molecule has 0 saturated heterocycles. The fraction of sp³-hybridized carbons (Fsp3) is 0.211. The third-order valence-corrected chi connectivity index (χ3v) is 5.29. The van der Waals surface area contributed by atoms with E-state index < -0.39 is 5.97 Å². The molecule has 8 heteroatoms. The minimum absolute atomic E-state index is 0.215. The second-order valence-electron chi connectivity index (χ2n) is 5.57. The topological polar surface area (TPSA) is 77.5 Å². The molecule has 27 heavy (non-hydrogen) atoms. The minimum Gasteiger partial charge on any atom is -0.497 e. The summed E-state index contributed by atoms with van der Waals surface area (Å²) in [5, 5.41) is 9.03. The Morgan fingerprint density at radius 1 is 1.15 bits per heavy atom. The molecule has 0 saturated carbocycles. The largest absolute Gasteiger partial charge is 0.497 e. The Hall–Kier alpha value is -2.71. The van der Waals surface area contributed by atoms with Crippen molar-refractivity contribution < 1.29 is 19.1 Å². The number of ether oxygens (including phenoxy) is 2. The molecule has 3 rings (SSSR count). The lowest BCUT2D eigenvalue weighted by atomic mass is 10.1. The molecular weight excluding hydrogens is 384 g/mol. The van der Waals surface area contributed by atoms with Crippen molar-refractivity contribution in [3.05, 3.63) is 57.7 Å². The molecule has 6 nitrogen and oxygen atoms in total. The van der Waals surface area contributed by atoms with Crippen LogP contribution >= 0.6 is 22.7 Å². The number of thiazole rings is 1. The average Bonchev–Trinajstić information content (AvgIpc) is 3.38. The normalized spacial score (nSPS) is 10.4. The molecule has 0 radical (unpaired) electrons. The highest BCUT2D eigenvalue weighted by atomic mass is 32.1. The van der Waals surface area contributed by atoms with Gasteiger partial charge in [0.2, 0.25) is 0 Å². The zero-order valence-corrected chi connectivity index (χ0v) is 16.3. The number of hydrogen-bond acceptors (Lipinski definition) is 7. The Balaban J connectivity index is 1.40. The van der Waals surface area contributed by atoms with Crippen LogP contribution in [-0.2, 0) is 16.0 Å². The molecule has 0 unspecified atom stereocenters. The number of carbonyl (C=O) groups is 2. The highest BCUT2D eigenvalue weighted by Crippen LogP contribution is 2.25. The van der Waals surface area contributed by atoms with E-state index in [1.807, 2.05) is 41.1 Å². The van der Waals surface area contributed by atoms with Crippen molar-refractivity contribution >= 4 is 34.6 Å². The van der Waals surface area contributed by atoms with Gasteiger partial charge in [0.25, 0.3) is 5.91 Å². The summed E-state index contributed by atoms with van der Waals surface area (Å²) in [4.78, 5) is 28.1. The van der Waals surface area contributed by atoms with Crippen LogP contribution in [0.5, 0.6) is 5.75 Å². The standard InChI is InChI=1S/C19H18N2O4S2/c1-24-15-4-2-13(3-5-15)6-8-20-17(22)10-25-19(23)16-12-27-18(21-16)14-7-9-26-11-14/h2-5,7,9,11-12H,6,8,10H2,1H3,(H,20,22). The number of nitrogens with one attached hydrogen (secondary N) is 1. The third kappa shape index (κ3) is 5.38. The number of hydrogen-bond donors (Lipinski definition) is 1. The number of benzene rings is 1. The van der Waals surface area contributed by atoms with Gasteiger partial charge in [-0.05, 0) is 35.6 Å². The highest BCUT2D eigenvalue weighted by Gasteiger charge is 2.15. The molecule has 140 valence electrons. The van der Waals surface area contributed by atoms with Crippen molar-refractivity contribution in [1.29, 1.82) is 0 Å². The predicted molar refractivity (Wildman–Crippen MR) is 105 cm³/mol. The molecular formula is C19H18N2O4S2. The Morgan fingerprint density at radius 3 is 2.67 bits per heavy atom. The van der Waals surface area contributed by atoms with Crippen LogP contribution in [0.15, 0.2) is 46.5 Å². The maximum absolute atomic E-state index is 12.0. The van der Waals surface area contributed by atoms with Crippen LogP contribution in [0.2, 0.25) is 0 Å². The van der Waals surface area contributed by atoms with Crippen molar-refractivity contribution in [3.63, 3.8) is 0 Å². The van der Waals surface area contributed by atoms with Crippen molar-refractivity contribution in [2.45, 2.75) is 6.42 Å². The molecule has 1 aromatic carbocycles. The van der Waals surface area contributed by atoms with Gasteiger partial charge in [-0.3, -0.25) is 4.79 Å². The molecule has 0 atom stereocenters. The van der Waals surface area contributed by atoms with E-state index in [4.69, 9.17) is 9.47 Å². The summed E-state index contributed by atoms with van der Waals surface area (Å²) in [6, 6.07) is 9.57. The first-order chi connectivity index (χ1) is 13.2. The van der Waals surface area contributed by atoms with E-state index in [2.05, 4.69) is 10.3 Å². The van der Waals surface area contributed by atoms with Crippen LogP contribution in [0.25, 0.3) is 10.6 Å². The SMILES string of the molecule is COc1ccc(CCNC(=O)COC(=O)c2csc(-c3ccsc3)n2)cc1. The monoisotopic (exact) mass is 402 g/mol. The number of thiophene rings is 1. The van der Waals surface area contributed by atoms with Crippen LogP contribution in [0.4, 0.5) is 0 Å². The molecule has 0 aliphatic rings. The lowest BCUT2D eigenvalue weighted by molar-refractivity contribution is -0.124. The van der Waals surface area contributed by atoms with E-state index in [1.54, 1.807) is 23.8 Å². The second-order valence-corrected chi connectivity index (χ2v) is 7.21. The summed E-state index contributed by atoms with van der Waals surface area (Å²) in [7, 11) is 1.62. The number of nitrogens with zero attached hydrogens (tertiary/aromatic N) is 1. The summed E-state index contributed by atoms with van der Waals surface area (Å²) in [5.74, 6) is -0.151. The van der Waals surface area contributed by atoms with Crippen LogP contribution < -0.4 is 10.1 Å². The molecule has 3 aromatic rings. The van der Waals surface area contributed by atoms with Crippen LogP contribution in [0.3, 0.4) is 0 Å². The number of esters is 1. The maximum atomic E-state index is 12.0. The Bertz CT molecular complexity index is 889. The summed E-state index contributed by atoms with van der Waals surface area (Å²) in [6.07, 6.45) is 0.680. The predicted octanol–water partition coefficient (Wildman–Crippen LogP) is 3.40. The molecule has 0 aliphatic heterocycles. The van der Waals surface area contributed by atoms with E-state index in [0.717, 1.165) is 21.9 Å². The van der Waals surface area contributed by atoms with Crippen molar-refractivity contribution in [1.82, 2.24) is 10.3 Å². The quantitative estimate of drug-likeness (QED) is 0.585. The molecule has 0 bridgehead atoms. The van der Waals surface area contributed by atoms with Crippen LogP contribution in [0, 0.1) is 0 Å².